The Morgan fingerprint density at radius 1 is 1.27 bits per heavy atom. The number of alkyl halides is 3. The lowest BCUT2D eigenvalue weighted by Crippen LogP contribution is -2.24. The molecule has 26 heavy (non-hydrogen) atoms. The van der Waals surface area contributed by atoms with Crippen molar-refractivity contribution in [2.24, 2.45) is 0 Å². The molecule has 0 spiro atoms. The number of ether oxygens (including phenoxy) is 1. The number of aromatic nitrogens is 3. The highest BCUT2D eigenvalue weighted by Gasteiger charge is 2.30. The van der Waals surface area contributed by atoms with Gasteiger partial charge in [-0.15, -0.1) is 0 Å². The molecule has 0 aliphatic carbocycles. The second-order valence-corrected chi connectivity index (χ2v) is 6.01. The van der Waals surface area contributed by atoms with Crippen molar-refractivity contribution in [2.45, 2.75) is 18.7 Å². The third-order valence-electron chi connectivity index (χ3n) is 4.28. The van der Waals surface area contributed by atoms with E-state index in [9.17, 15) is 18.0 Å². The monoisotopic (exact) mass is 361 g/mol. The smallest absolute Gasteiger partial charge is 0.374 e. The van der Waals surface area contributed by atoms with Crippen molar-refractivity contribution in [1.82, 2.24) is 14.5 Å². The molecule has 2 aromatic heterocycles. The van der Waals surface area contributed by atoms with E-state index in [1.54, 1.807) is 24.4 Å². The predicted octanol–water partition coefficient (Wildman–Crippen LogP) is 3.67. The molecule has 1 atom stereocenters. The molecule has 5 nitrogen and oxygen atoms in total. The van der Waals surface area contributed by atoms with E-state index in [1.165, 1.54) is 16.8 Å². The van der Waals surface area contributed by atoms with E-state index in [4.69, 9.17) is 4.74 Å². The largest absolute Gasteiger partial charge is 0.416 e. The first-order valence-electron chi connectivity index (χ1n) is 7.99. The molecule has 4 rings (SSSR count). The van der Waals surface area contributed by atoms with Gasteiger partial charge in [0.25, 0.3) is 0 Å². The number of aromatic amines is 1. The van der Waals surface area contributed by atoms with Crippen molar-refractivity contribution < 1.29 is 17.9 Å². The fourth-order valence-corrected chi connectivity index (χ4v) is 2.77. The van der Waals surface area contributed by atoms with E-state index < -0.39 is 11.7 Å². The summed E-state index contributed by atoms with van der Waals surface area (Å²) in [5, 5.41) is 0. The SMILES string of the molecule is O=c1[nH]c2ncc(-c3cccc(C(F)(F)F)c3)cc2n1/C=C/C1CCO1. The summed E-state index contributed by atoms with van der Waals surface area (Å²) >= 11 is 0. The van der Waals surface area contributed by atoms with Gasteiger partial charge in [0.15, 0.2) is 5.65 Å². The van der Waals surface area contributed by atoms with E-state index in [2.05, 4.69) is 9.97 Å². The lowest BCUT2D eigenvalue weighted by molar-refractivity contribution is -0.137. The minimum absolute atomic E-state index is 0.0218. The van der Waals surface area contributed by atoms with Crippen molar-refractivity contribution in [1.29, 1.82) is 0 Å². The Labute approximate surface area is 145 Å². The number of benzene rings is 1. The van der Waals surface area contributed by atoms with Gasteiger partial charge in [-0.3, -0.25) is 9.55 Å². The number of hydrogen-bond acceptors (Lipinski definition) is 3. The molecule has 1 aliphatic heterocycles. The summed E-state index contributed by atoms with van der Waals surface area (Å²) in [5.41, 5.74) is 0.614. The number of fused-ring (bicyclic) bond motifs is 1. The minimum Gasteiger partial charge on any atom is -0.374 e. The van der Waals surface area contributed by atoms with Gasteiger partial charge in [0.2, 0.25) is 0 Å². The van der Waals surface area contributed by atoms with Gasteiger partial charge in [0.1, 0.15) is 0 Å². The van der Waals surface area contributed by atoms with Crippen molar-refractivity contribution >= 4 is 17.4 Å². The van der Waals surface area contributed by atoms with E-state index in [-0.39, 0.29) is 11.8 Å². The summed E-state index contributed by atoms with van der Waals surface area (Å²) in [7, 11) is 0. The van der Waals surface area contributed by atoms with Gasteiger partial charge in [-0.1, -0.05) is 12.1 Å². The number of pyridine rings is 1. The van der Waals surface area contributed by atoms with Crippen LogP contribution in [0.2, 0.25) is 0 Å². The zero-order chi connectivity index (χ0) is 18.3. The molecule has 8 heteroatoms. The lowest BCUT2D eigenvalue weighted by atomic mass is 10.0. The molecule has 1 saturated heterocycles. The molecule has 0 bridgehead atoms. The molecule has 134 valence electrons. The Hall–Kier alpha value is -2.87. The van der Waals surface area contributed by atoms with E-state index in [1.807, 2.05) is 0 Å². The van der Waals surface area contributed by atoms with Crippen LogP contribution in [0.1, 0.15) is 12.0 Å². The van der Waals surface area contributed by atoms with Gasteiger partial charge < -0.3 is 4.74 Å². The van der Waals surface area contributed by atoms with Crippen LogP contribution in [0.4, 0.5) is 13.2 Å². The Bertz CT molecular complexity index is 1050. The molecule has 0 saturated carbocycles. The third-order valence-corrected chi connectivity index (χ3v) is 4.28. The van der Waals surface area contributed by atoms with Crippen LogP contribution in [0.15, 0.2) is 47.4 Å². The van der Waals surface area contributed by atoms with Crippen LogP contribution in [0.25, 0.3) is 28.5 Å². The highest BCUT2D eigenvalue weighted by atomic mass is 19.4. The summed E-state index contributed by atoms with van der Waals surface area (Å²) < 4.78 is 45.5. The molecule has 1 unspecified atom stereocenters. The number of imidazole rings is 1. The Morgan fingerprint density at radius 3 is 2.77 bits per heavy atom. The van der Waals surface area contributed by atoms with Crippen LogP contribution >= 0.6 is 0 Å². The number of rotatable bonds is 3. The summed E-state index contributed by atoms with van der Waals surface area (Å²) in [5.74, 6) is 0. The van der Waals surface area contributed by atoms with Gasteiger partial charge >= 0.3 is 11.9 Å². The molecular weight excluding hydrogens is 347 g/mol. The van der Waals surface area contributed by atoms with Crippen LogP contribution in [0, 0.1) is 0 Å². The highest BCUT2D eigenvalue weighted by Crippen LogP contribution is 2.32. The van der Waals surface area contributed by atoms with Crippen molar-refractivity contribution in [3.05, 3.63) is 58.7 Å². The zero-order valence-electron chi connectivity index (χ0n) is 13.5. The Kier molecular flexibility index (Phi) is 3.91. The molecule has 1 N–H and O–H groups in total. The maximum atomic E-state index is 12.9. The van der Waals surface area contributed by atoms with Crippen molar-refractivity contribution in [2.75, 3.05) is 6.61 Å². The summed E-state index contributed by atoms with van der Waals surface area (Å²) in [6.45, 7) is 0.693. The van der Waals surface area contributed by atoms with Crippen LogP contribution in [0.3, 0.4) is 0 Å². The van der Waals surface area contributed by atoms with Gasteiger partial charge in [0.05, 0.1) is 23.8 Å². The normalized spacial score (nSPS) is 17.7. The molecule has 0 radical (unpaired) electrons. The van der Waals surface area contributed by atoms with Crippen LogP contribution in [-0.2, 0) is 10.9 Å². The average Bonchev–Trinajstić information content (AvgIpc) is 2.88. The Balaban J connectivity index is 1.77. The first-order chi connectivity index (χ1) is 12.4. The number of halogens is 3. The molecule has 1 aromatic carbocycles. The Morgan fingerprint density at radius 2 is 2.08 bits per heavy atom. The van der Waals surface area contributed by atoms with Gasteiger partial charge in [0, 0.05) is 24.4 Å². The van der Waals surface area contributed by atoms with Crippen molar-refractivity contribution in [3.63, 3.8) is 0 Å². The number of H-pyrrole nitrogens is 1. The first-order valence-corrected chi connectivity index (χ1v) is 7.99. The summed E-state index contributed by atoms with van der Waals surface area (Å²) in [4.78, 5) is 18.9. The summed E-state index contributed by atoms with van der Waals surface area (Å²) in [6, 6.07) is 6.65. The molecular formula is C18H14F3N3O2. The lowest BCUT2D eigenvalue weighted by Gasteiger charge is -2.22. The number of nitrogens with zero attached hydrogens (tertiary/aromatic N) is 2. The fraction of sp³-hybridized carbons (Fsp3) is 0.222. The van der Waals surface area contributed by atoms with Crippen molar-refractivity contribution in [3.8, 4) is 11.1 Å². The highest BCUT2D eigenvalue weighted by molar-refractivity contribution is 5.80. The standard InChI is InChI=1S/C18H14F3N3O2/c19-18(20,21)13-3-1-2-11(8-13)12-9-15-16(22-10-12)23-17(25)24(15)6-4-14-5-7-26-14/h1-4,6,8-10,14H,5,7H2,(H,22,23,25)/b6-4+. The van der Waals surface area contributed by atoms with E-state index in [0.29, 0.717) is 28.9 Å². The predicted molar refractivity (Wildman–Crippen MR) is 90.5 cm³/mol. The van der Waals surface area contributed by atoms with Gasteiger partial charge in [-0.25, -0.2) is 9.78 Å². The maximum absolute atomic E-state index is 12.9. The van der Waals surface area contributed by atoms with Crippen LogP contribution in [-0.4, -0.2) is 27.2 Å². The molecule has 1 aliphatic rings. The van der Waals surface area contributed by atoms with E-state index >= 15 is 0 Å². The third kappa shape index (κ3) is 3.03. The van der Waals surface area contributed by atoms with Crippen LogP contribution in [0.5, 0.6) is 0 Å². The second-order valence-electron chi connectivity index (χ2n) is 6.01. The quantitative estimate of drug-likeness (QED) is 0.774. The minimum atomic E-state index is -4.42. The first kappa shape index (κ1) is 16.6. The second kappa shape index (κ2) is 6.14. The topological polar surface area (TPSA) is 59.9 Å². The fourth-order valence-electron chi connectivity index (χ4n) is 2.77. The molecule has 3 aromatic rings. The van der Waals surface area contributed by atoms with E-state index in [0.717, 1.165) is 18.6 Å². The number of nitrogens with one attached hydrogen (secondary N) is 1. The zero-order valence-corrected chi connectivity index (χ0v) is 13.5. The van der Waals surface area contributed by atoms with Gasteiger partial charge in [-0.2, -0.15) is 13.2 Å². The van der Waals surface area contributed by atoms with Crippen LogP contribution < -0.4 is 5.69 Å². The average molecular weight is 361 g/mol. The van der Waals surface area contributed by atoms with Gasteiger partial charge in [-0.05, 0) is 29.8 Å². The molecule has 1 fully saturated rings. The number of hydrogen-bond donors (Lipinski definition) is 1. The molecule has 0 amide bonds. The summed E-state index contributed by atoms with van der Waals surface area (Å²) in [6.07, 6.45) is 1.26. The maximum Gasteiger partial charge on any atom is 0.416 e. The molecule has 3 heterocycles.